The Morgan fingerprint density at radius 2 is 2.00 bits per heavy atom. The first kappa shape index (κ1) is 9.99. The Kier molecular flexibility index (Phi) is 3.63. The van der Waals surface area contributed by atoms with Crippen LogP contribution < -0.4 is 0 Å². The molecule has 0 bridgehead atoms. The van der Waals surface area contributed by atoms with Crippen LogP contribution >= 0.6 is 0 Å². The molecule has 0 saturated carbocycles. The van der Waals surface area contributed by atoms with Crippen LogP contribution in [0.1, 0.15) is 27.7 Å². The molecular formula is C9H14O2. The van der Waals surface area contributed by atoms with Gasteiger partial charge in [-0.3, -0.25) is 0 Å². The molecule has 0 unspecified atom stereocenters. The summed E-state index contributed by atoms with van der Waals surface area (Å²) in [6, 6.07) is 0. The summed E-state index contributed by atoms with van der Waals surface area (Å²) in [6.45, 7) is 7.28. The molecule has 0 amide bonds. The number of carbonyl (C=O) groups excluding carboxylic acids is 1. The van der Waals surface area contributed by atoms with E-state index in [0.29, 0.717) is 0 Å². The second kappa shape index (κ2) is 3.99. The van der Waals surface area contributed by atoms with E-state index in [2.05, 4.69) is 5.73 Å². The molecule has 0 atom stereocenters. The quantitative estimate of drug-likeness (QED) is 0.328. The third-order valence-corrected chi connectivity index (χ3v) is 0.775. The lowest BCUT2D eigenvalue weighted by Crippen LogP contribution is -2.22. The molecule has 0 heterocycles. The number of ether oxygens (including phenoxy) is 1. The fourth-order valence-corrected chi connectivity index (χ4v) is 0.483. The average molecular weight is 154 g/mol. The number of hydrogen-bond acceptors (Lipinski definition) is 2. The number of esters is 1. The molecule has 0 saturated heterocycles. The normalized spacial score (nSPS) is 9.82. The molecule has 2 nitrogen and oxygen atoms in total. The van der Waals surface area contributed by atoms with Gasteiger partial charge in [0.1, 0.15) is 5.60 Å². The van der Waals surface area contributed by atoms with Crippen molar-refractivity contribution in [3.05, 3.63) is 17.9 Å². The van der Waals surface area contributed by atoms with E-state index in [1.54, 1.807) is 13.0 Å². The summed E-state index contributed by atoms with van der Waals surface area (Å²) >= 11 is 0. The number of rotatable bonds is 1. The van der Waals surface area contributed by atoms with E-state index >= 15 is 0 Å². The van der Waals surface area contributed by atoms with Gasteiger partial charge in [-0.05, 0) is 33.8 Å². The maximum atomic E-state index is 10.9. The molecule has 0 aliphatic heterocycles. The number of hydrogen-bond donors (Lipinski definition) is 0. The van der Waals surface area contributed by atoms with Gasteiger partial charge < -0.3 is 4.74 Å². The molecule has 62 valence electrons. The molecule has 0 aromatic carbocycles. The third-order valence-electron chi connectivity index (χ3n) is 0.775. The average Bonchev–Trinajstić information content (AvgIpc) is 1.79. The van der Waals surface area contributed by atoms with Gasteiger partial charge in [0.05, 0.1) is 6.08 Å². The van der Waals surface area contributed by atoms with Crippen LogP contribution in [0, 0.1) is 0 Å². The number of carbonyl (C=O) groups is 1. The monoisotopic (exact) mass is 154 g/mol. The van der Waals surface area contributed by atoms with Gasteiger partial charge in [-0.25, -0.2) is 4.79 Å². The largest absolute Gasteiger partial charge is 0.456 e. The Bertz CT molecular complexity index is 190. The molecule has 0 N–H and O–H groups in total. The lowest BCUT2D eigenvalue weighted by atomic mass is 10.2. The fraction of sp³-hybridized carbons (Fsp3) is 0.556. The molecule has 11 heavy (non-hydrogen) atoms. The first-order chi connectivity index (χ1) is 4.95. The summed E-state index contributed by atoms with van der Waals surface area (Å²) in [4.78, 5) is 10.9. The van der Waals surface area contributed by atoms with E-state index in [0.717, 1.165) is 0 Å². The van der Waals surface area contributed by atoms with Crippen LogP contribution in [0.3, 0.4) is 0 Å². The van der Waals surface area contributed by atoms with Crippen molar-refractivity contribution in [2.24, 2.45) is 0 Å². The maximum Gasteiger partial charge on any atom is 0.339 e. The molecule has 0 aromatic rings. The predicted octanol–water partition coefficient (Wildman–Crippen LogP) is 2.06. The summed E-state index contributed by atoms with van der Waals surface area (Å²) in [5, 5.41) is 0. The zero-order valence-electron chi connectivity index (χ0n) is 7.47. The van der Waals surface area contributed by atoms with Gasteiger partial charge in [-0.2, -0.15) is 0 Å². The van der Waals surface area contributed by atoms with Gasteiger partial charge in [0.2, 0.25) is 0 Å². The minimum absolute atomic E-state index is 0.351. The Labute approximate surface area is 67.6 Å². The van der Waals surface area contributed by atoms with Crippen molar-refractivity contribution in [1.82, 2.24) is 0 Å². The molecular weight excluding hydrogens is 140 g/mol. The highest BCUT2D eigenvalue weighted by molar-refractivity contribution is 5.81. The van der Waals surface area contributed by atoms with Crippen molar-refractivity contribution < 1.29 is 9.53 Å². The van der Waals surface area contributed by atoms with Gasteiger partial charge in [0.15, 0.2) is 0 Å². The molecule has 0 aromatic heterocycles. The molecule has 0 aliphatic rings. The van der Waals surface area contributed by atoms with Gasteiger partial charge >= 0.3 is 5.97 Å². The highest BCUT2D eigenvalue weighted by Gasteiger charge is 2.13. The van der Waals surface area contributed by atoms with Crippen molar-refractivity contribution in [2.75, 3.05) is 0 Å². The van der Waals surface area contributed by atoms with Crippen LogP contribution in [-0.2, 0) is 9.53 Å². The van der Waals surface area contributed by atoms with Crippen molar-refractivity contribution >= 4 is 5.97 Å². The first-order valence-corrected chi connectivity index (χ1v) is 3.56. The minimum Gasteiger partial charge on any atom is -0.456 e. The highest BCUT2D eigenvalue weighted by atomic mass is 16.6. The van der Waals surface area contributed by atoms with E-state index in [9.17, 15) is 4.79 Å². The second-order valence-electron chi connectivity index (χ2n) is 3.13. The van der Waals surface area contributed by atoms with Crippen molar-refractivity contribution in [3.8, 4) is 0 Å². The molecule has 2 heteroatoms. The van der Waals surface area contributed by atoms with Crippen LogP contribution in [0.4, 0.5) is 0 Å². The van der Waals surface area contributed by atoms with Crippen LogP contribution in [0.25, 0.3) is 0 Å². The Hall–Kier alpha value is -1.01. The molecule has 0 fully saturated rings. The Balaban J connectivity index is 4.00. The Morgan fingerprint density at radius 3 is 2.36 bits per heavy atom. The zero-order valence-corrected chi connectivity index (χ0v) is 7.47. The van der Waals surface area contributed by atoms with Gasteiger partial charge in [-0.1, -0.05) is 0 Å². The predicted molar refractivity (Wildman–Crippen MR) is 44.2 cm³/mol. The molecule has 0 radical (unpaired) electrons. The SMILES string of the molecule is CC=C=CC(=O)OC(C)(C)C. The third kappa shape index (κ3) is 6.88. The lowest BCUT2D eigenvalue weighted by molar-refractivity contribution is -0.148. The maximum absolute atomic E-state index is 10.9. The van der Waals surface area contributed by atoms with Crippen LogP contribution in [0.2, 0.25) is 0 Å². The van der Waals surface area contributed by atoms with Crippen LogP contribution in [-0.4, -0.2) is 11.6 Å². The summed E-state index contributed by atoms with van der Waals surface area (Å²) in [7, 11) is 0. The van der Waals surface area contributed by atoms with E-state index in [-0.39, 0.29) is 5.97 Å². The highest BCUT2D eigenvalue weighted by Crippen LogP contribution is 2.06. The van der Waals surface area contributed by atoms with E-state index in [1.165, 1.54) is 6.08 Å². The fourth-order valence-electron chi connectivity index (χ4n) is 0.483. The van der Waals surface area contributed by atoms with E-state index < -0.39 is 5.60 Å². The van der Waals surface area contributed by atoms with Gasteiger partial charge in [0, 0.05) is 0 Å². The van der Waals surface area contributed by atoms with E-state index in [1.807, 2.05) is 20.8 Å². The summed E-state index contributed by atoms with van der Waals surface area (Å²) < 4.78 is 4.96. The van der Waals surface area contributed by atoms with Crippen molar-refractivity contribution in [2.45, 2.75) is 33.3 Å². The Morgan fingerprint density at radius 1 is 1.45 bits per heavy atom. The molecule has 0 aliphatic carbocycles. The van der Waals surface area contributed by atoms with Gasteiger partial charge in [0.25, 0.3) is 0 Å². The second-order valence-corrected chi connectivity index (χ2v) is 3.13. The van der Waals surface area contributed by atoms with Crippen LogP contribution in [0.15, 0.2) is 17.9 Å². The van der Waals surface area contributed by atoms with E-state index in [4.69, 9.17) is 4.74 Å². The molecule has 0 rings (SSSR count). The van der Waals surface area contributed by atoms with Crippen molar-refractivity contribution in [1.29, 1.82) is 0 Å². The summed E-state index contributed by atoms with van der Waals surface area (Å²) in [6.07, 6.45) is 2.94. The smallest absolute Gasteiger partial charge is 0.339 e. The first-order valence-electron chi connectivity index (χ1n) is 3.56. The molecule has 0 spiro atoms. The zero-order chi connectivity index (χ0) is 8.91. The minimum atomic E-state index is -0.414. The summed E-state index contributed by atoms with van der Waals surface area (Å²) in [5.41, 5.74) is 2.23. The van der Waals surface area contributed by atoms with Crippen molar-refractivity contribution in [3.63, 3.8) is 0 Å². The summed E-state index contributed by atoms with van der Waals surface area (Å²) in [5.74, 6) is -0.351. The topological polar surface area (TPSA) is 26.3 Å². The van der Waals surface area contributed by atoms with Gasteiger partial charge in [-0.15, -0.1) is 5.73 Å². The van der Waals surface area contributed by atoms with Crippen LogP contribution in [0.5, 0.6) is 0 Å². The lowest BCUT2D eigenvalue weighted by Gasteiger charge is -2.17. The standard InChI is InChI=1S/C9H14O2/c1-5-6-7-8(10)11-9(2,3)4/h5,7H,1-4H3.